The van der Waals surface area contributed by atoms with E-state index in [0.29, 0.717) is 19.3 Å². The van der Waals surface area contributed by atoms with E-state index in [1.54, 1.807) is 0 Å². The van der Waals surface area contributed by atoms with E-state index in [0.717, 1.165) is 77.0 Å². The molecule has 0 amide bonds. The van der Waals surface area contributed by atoms with Crippen molar-refractivity contribution in [2.45, 2.75) is 277 Å². The molecule has 350 valence electrons. The summed E-state index contributed by atoms with van der Waals surface area (Å²) in [5.74, 6) is -0.883. The van der Waals surface area contributed by atoms with Gasteiger partial charge in [-0.05, 0) is 70.6 Å². The van der Waals surface area contributed by atoms with E-state index in [4.69, 9.17) is 14.2 Å². The molecule has 0 spiro atoms. The zero-order valence-electron chi connectivity index (χ0n) is 40.0. The Labute approximate surface area is 372 Å². The summed E-state index contributed by atoms with van der Waals surface area (Å²) in [4.78, 5) is 37.9. The van der Waals surface area contributed by atoms with Gasteiger partial charge in [0.15, 0.2) is 6.10 Å². The lowest BCUT2D eigenvalue weighted by atomic mass is 10.0. The third-order valence-corrected chi connectivity index (χ3v) is 11.4. The first-order valence-electron chi connectivity index (χ1n) is 26.0. The second-order valence-electron chi connectivity index (χ2n) is 17.4. The molecule has 0 aromatic heterocycles. The monoisotopic (exact) mass is 843 g/mol. The number of unbranched alkanes of at least 4 members (excludes halogenated alkanes) is 30. The highest BCUT2D eigenvalue weighted by Crippen LogP contribution is 2.15. The Balaban J connectivity index is 4.33. The van der Waals surface area contributed by atoms with Gasteiger partial charge in [-0.3, -0.25) is 14.4 Å². The van der Waals surface area contributed by atoms with Crippen molar-refractivity contribution in [2.24, 2.45) is 0 Å². The predicted molar refractivity (Wildman–Crippen MR) is 256 cm³/mol. The highest BCUT2D eigenvalue weighted by atomic mass is 16.6. The van der Waals surface area contributed by atoms with Crippen LogP contribution < -0.4 is 0 Å². The van der Waals surface area contributed by atoms with Gasteiger partial charge < -0.3 is 14.2 Å². The molecular formula is C54H98O6. The average molecular weight is 843 g/mol. The van der Waals surface area contributed by atoms with Gasteiger partial charge in [-0.1, -0.05) is 218 Å². The summed E-state index contributed by atoms with van der Waals surface area (Å²) in [6.07, 6.45) is 56.9. The number of hydrogen-bond acceptors (Lipinski definition) is 6. The molecule has 1 atom stereocenters. The molecule has 0 aromatic carbocycles. The van der Waals surface area contributed by atoms with Crippen LogP contribution in [0.15, 0.2) is 36.5 Å². The minimum absolute atomic E-state index is 0.0763. The number of hydrogen-bond donors (Lipinski definition) is 0. The van der Waals surface area contributed by atoms with Crippen LogP contribution in [0.2, 0.25) is 0 Å². The Morgan fingerprint density at radius 1 is 0.333 bits per heavy atom. The van der Waals surface area contributed by atoms with Crippen molar-refractivity contribution in [1.82, 2.24) is 0 Å². The maximum atomic E-state index is 12.8. The molecule has 0 fully saturated rings. The lowest BCUT2D eigenvalue weighted by molar-refractivity contribution is -0.167. The van der Waals surface area contributed by atoms with Crippen molar-refractivity contribution in [3.63, 3.8) is 0 Å². The number of carbonyl (C=O) groups is 3. The SMILES string of the molecule is CCCC/C=C\CCCCCCCC(=O)OCC(COC(=O)CCCCCCCCC/C=C\C/C=C\CCCCCC)OC(=O)CCCCCCCCCCCCCCC. The first-order valence-corrected chi connectivity index (χ1v) is 26.0. The van der Waals surface area contributed by atoms with Crippen LogP contribution >= 0.6 is 0 Å². The number of rotatable bonds is 47. The van der Waals surface area contributed by atoms with Crippen molar-refractivity contribution in [2.75, 3.05) is 13.2 Å². The molecule has 0 rings (SSSR count). The maximum Gasteiger partial charge on any atom is 0.306 e. The van der Waals surface area contributed by atoms with Gasteiger partial charge in [0.2, 0.25) is 0 Å². The van der Waals surface area contributed by atoms with E-state index in [1.807, 2.05) is 0 Å². The highest BCUT2D eigenvalue weighted by Gasteiger charge is 2.19. The van der Waals surface area contributed by atoms with Gasteiger partial charge in [-0.15, -0.1) is 0 Å². The molecule has 0 aliphatic carbocycles. The molecule has 0 heterocycles. The topological polar surface area (TPSA) is 78.9 Å². The Morgan fingerprint density at radius 2 is 0.617 bits per heavy atom. The van der Waals surface area contributed by atoms with E-state index in [2.05, 4.69) is 57.2 Å². The van der Waals surface area contributed by atoms with E-state index >= 15 is 0 Å². The zero-order chi connectivity index (χ0) is 43.7. The fourth-order valence-corrected chi connectivity index (χ4v) is 7.39. The summed E-state index contributed by atoms with van der Waals surface area (Å²) in [6, 6.07) is 0. The standard InChI is InChI=1S/C54H98O6/c1-4-7-10-13-16-19-22-24-25-26-27-28-30-32-35-38-41-44-47-53(56)59-50-51(49-58-52(55)46-43-40-37-34-31-21-18-15-12-9-6-3)60-54(57)48-45-42-39-36-33-29-23-20-17-14-11-8-5-2/h15,18-19,22,25-26,51H,4-14,16-17,20-21,23-24,27-50H2,1-3H3/b18-15-,22-19-,26-25-. The quantitative estimate of drug-likeness (QED) is 0.0263. The molecule has 0 aliphatic rings. The van der Waals surface area contributed by atoms with E-state index < -0.39 is 6.10 Å². The van der Waals surface area contributed by atoms with Gasteiger partial charge in [-0.2, -0.15) is 0 Å². The van der Waals surface area contributed by atoms with Gasteiger partial charge in [0, 0.05) is 19.3 Å². The zero-order valence-corrected chi connectivity index (χ0v) is 40.0. The number of carbonyl (C=O) groups excluding carboxylic acids is 3. The Hall–Kier alpha value is -2.37. The van der Waals surface area contributed by atoms with Crippen LogP contribution in [0, 0.1) is 0 Å². The van der Waals surface area contributed by atoms with E-state index in [-0.39, 0.29) is 31.1 Å². The second-order valence-corrected chi connectivity index (χ2v) is 17.4. The van der Waals surface area contributed by atoms with Crippen molar-refractivity contribution < 1.29 is 28.6 Å². The lowest BCUT2D eigenvalue weighted by Gasteiger charge is -2.18. The van der Waals surface area contributed by atoms with Crippen molar-refractivity contribution in [3.05, 3.63) is 36.5 Å². The minimum atomic E-state index is -0.774. The molecule has 0 aliphatic heterocycles. The van der Waals surface area contributed by atoms with E-state index in [1.165, 1.54) is 154 Å². The average Bonchev–Trinajstić information content (AvgIpc) is 3.24. The van der Waals surface area contributed by atoms with Gasteiger partial charge >= 0.3 is 17.9 Å². The molecule has 0 radical (unpaired) electrons. The molecule has 6 heteroatoms. The fourth-order valence-electron chi connectivity index (χ4n) is 7.39. The van der Waals surface area contributed by atoms with Crippen LogP contribution in [0.1, 0.15) is 271 Å². The smallest absolute Gasteiger partial charge is 0.306 e. The minimum Gasteiger partial charge on any atom is -0.462 e. The molecule has 60 heavy (non-hydrogen) atoms. The van der Waals surface area contributed by atoms with Crippen LogP contribution in [0.4, 0.5) is 0 Å². The van der Waals surface area contributed by atoms with Crippen molar-refractivity contribution >= 4 is 17.9 Å². The molecule has 0 bridgehead atoms. The summed E-state index contributed by atoms with van der Waals surface area (Å²) in [6.45, 7) is 6.59. The van der Waals surface area contributed by atoms with Crippen LogP contribution in [0.3, 0.4) is 0 Å². The number of ether oxygens (including phenoxy) is 3. The molecule has 0 N–H and O–H groups in total. The van der Waals surface area contributed by atoms with Gasteiger partial charge in [0.25, 0.3) is 0 Å². The van der Waals surface area contributed by atoms with Crippen LogP contribution in [0.25, 0.3) is 0 Å². The molecule has 6 nitrogen and oxygen atoms in total. The van der Waals surface area contributed by atoms with Crippen LogP contribution in [0.5, 0.6) is 0 Å². The summed E-state index contributed by atoms with van der Waals surface area (Å²) in [5.41, 5.74) is 0. The van der Waals surface area contributed by atoms with Crippen molar-refractivity contribution in [3.8, 4) is 0 Å². The van der Waals surface area contributed by atoms with Crippen molar-refractivity contribution in [1.29, 1.82) is 0 Å². The Morgan fingerprint density at radius 3 is 1.00 bits per heavy atom. The third-order valence-electron chi connectivity index (χ3n) is 11.4. The summed E-state index contributed by atoms with van der Waals surface area (Å²) >= 11 is 0. The molecule has 0 saturated carbocycles. The molecule has 0 saturated heterocycles. The lowest BCUT2D eigenvalue weighted by Crippen LogP contribution is -2.30. The summed E-state index contributed by atoms with van der Waals surface area (Å²) in [7, 11) is 0. The summed E-state index contributed by atoms with van der Waals surface area (Å²) < 4.78 is 16.8. The number of allylic oxidation sites excluding steroid dienone is 6. The predicted octanol–water partition coefficient (Wildman–Crippen LogP) is 16.9. The van der Waals surface area contributed by atoms with Gasteiger partial charge in [0.05, 0.1) is 0 Å². The van der Waals surface area contributed by atoms with Crippen LogP contribution in [-0.2, 0) is 28.6 Å². The van der Waals surface area contributed by atoms with Gasteiger partial charge in [-0.25, -0.2) is 0 Å². The maximum absolute atomic E-state index is 12.8. The first kappa shape index (κ1) is 57.6. The second kappa shape index (κ2) is 49.3. The van der Waals surface area contributed by atoms with Crippen LogP contribution in [-0.4, -0.2) is 37.2 Å². The Kier molecular flexibility index (Phi) is 47.3. The molecule has 0 aromatic rings. The normalized spacial score (nSPS) is 12.2. The fraction of sp³-hybridized carbons (Fsp3) is 0.833. The summed E-state index contributed by atoms with van der Waals surface area (Å²) in [5, 5.41) is 0. The van der Waals surface area contributed by atoms with E-state index in [9.17, 15) is 14.4 Å². The van der Waals surface area contributed by atoms with Gasteiger partial charge in [0.1, 0.15) is 13.2 Å². The third kappa shape index (κ3) is 46.7. The molecular weight excluding hydrogens is 745 g/mol. The largest absolute Gasteiger partial charge is 0.462 e. The highest BCUT2D eigenvalue weighted by molar-refractivity contribution is 5.71. The Bertz CT molecular complexity index is 1020. The first-order chi connectivity index (χ1) is 29.5. The number of esters is 3. The molecule has 1 unspecified atom stereocenters.